The second-order valence-corrected chi connectivity index (χ2v) is 6.03. The summed E-state index contributed by atoms with van der Waals surface area (Å²) < 4.78 is 53.1. The molecule has 0 aliphatic rings. The third-order valence-electron chi connectivity index (χ3n) is 3.59. The first-order valence-electron chi connectivity index (χ1n) is 7.69. The highest BCUT2D eigenvalue weighted by molar-refractivity contribution is 5.44. The van der Waals surface area contributed by atoms with E-state index >= 15 is 0 Å². The molecule has 0 fully saturated rings. The maximum absolute atomic E-state index is 13.8. The van der Waals surface area contributed by atoms with Gasteiger partial charge in [-0.25, -0.2) is 4.39 Å². The second-order valence-electron chi connectivity index (χ2n) is 6.03. The van der Waals surface area contributed by atoms with Crippen molar-refractivity contribution in [2.45, 2.75) is 19.3 Å². The molecule has 0 saturated carbocycles. The van der Waals surface area contributed by atoms with Crippen LogP contribution in [0, 0.1) is 5.82 Å². The van der Waals surface area contributed by atoms with E-state index in [1.54, 1.807) is 12.1 Å². The zero-order valence-electron chi connectivity index (χ0n) is 14.0. The van der Waals surface area contributed by atoms with Crippen molar-refractivity contribution in [3.63, 3.8) is 0 Å². The minimum atomic E-state index is -4.65. The van der Waals surface area contributed by atoms with Gasteiger partial charge in [0.25, 0.3) is 5.82 Å². The predicted octanol–water partition coefficient (Wildman–Crippen LogP) is 2.96. The Morgan fingerprint density at radius 1 is 1.12 bits per heavy atom. The molecule has 10 heteroatoms. The van der Waals surface area contributed by atoms with Crippen molar-refractivity contribution >= 4 is 11.5 Å². The van der Waals surface area contributed by atoms with Crippen LogP contribution in [-0.4, -0.2) is 38.8 Å². The van der Waals surface area contributed by atoms with Crippen LogP contribution in [0.5, 0.6) is 0 Å². The Balaban J connectivity index is 1.79. The number of hydrogen-bond donors (Lipinski definition) is 1. The fraction of sp³-hybridized carbons (Fsp3) is 0.312. The Bertz CT molecular complexity index is 919. The third kappa shape index (κ3) is 3.90. The molecular weight excluding hydrogens is 352 g/mol. The van der Waals surface area contributed by atoms with E-state index in [-0.39, 0.29) is 23.8 Å². The van der Waals surface area contributed by atoms with Crippen molar-refractivity contribution in [3.05, 3.63) is 53.1 Å². The van der Waals surface area contributed by atoms with Crippen molar-refractivity contribution in [1.29, 1.82) is 0 Å². The van der Waals surface area contributed by atoms with Crippen molar-refractivity contribution in [2.24, 2.45) is 0 Å². The van der Waals surface area contributed by atoms with Crippen LogP contribution in [0.1, 0.15) is 17.0 Å². The van der Waals surface area contributed by atoms with Gasteiger partial charge in [0.1, 0.15) is 11.6 Å². The number of rotatable bonds is 5. The summed E-state index contributed by atoms with van der Waals surface area (Å²) in [7, 11) is 3.67. The lowest BCUT2D eigenvalue weighted by Crippen LogP contribution is -2.14. The van der Waals surface area contributed by atoms with Crippen LogP contribution >= 0.6 is 0 Å². The van der Waals surface area contributed by atoms with Crippen molar-refractivity contribution in [3.8, 4) is 0 Å². The molecule has 0 spiro atoms. The predicted molar refractivity (Wildman–Crippen MR) is 86.9 cm³/mol. The van der Waals surface area contributed by atoms with Gasteiger partial charge in [0.15, 0.2) is 5.65 Å². The third-order valence-corrected chi connectivity index (χ3v) is 3.59. The van der Waals surface area contributed by atoms with Crippen LogP contribution in [0.25, 0.3) is 5.65 Å². The number of hydrogen-bond acceptors (Lipinski definition) is 5. The molecule has 3 aromatic rings. The highest BCUT2D eigenvalue weighted by Gasteiger charge is 2.37. The van der Waals surface area contributed by atoms with Gasteiger partial charge in [0, 0.05) is 18.7 Å². The number of nitrogens with one attached hydrogen (secondary N) is 1. The number of nitrogens with zero attached hydrogens (tertiary/aromatic N) is 5. The molecule has 0 amide bonds. The fourth-order valence-corrected chi connectivity index (χ4v) is 2.45. The summed E-state index contributed by atoms with van der Waals surface area (Å²) in [6.07, 6.45) is -4.65. The van der Waals surface area contributed by atoms with E-state index in [2.05, 4.69) is 20.6 Å². The van der Waals surface area contributed by atoms with E-state index in [0.717, 1.165) is 5.56 Å². The van der Waals surface area contributed by atoms with E-state index in [9.17, 15) is 17.6 Å². The van der Waals surface area contributed by atoms with Crippen LogP contribution in [0.15, 0.2) is 30.3 Å². The molecule has 0 radical (unpaired) electrons. The van der Waals surface area contributed by atoms with Crippen molar-refractivity contribution in [2.75, 3.05) is 19.4 Å². The van der Waals surface area contributed by atoms with Crippen molar-refractivity contribution < 1.29 is 17.6 Å². The Labute approximate surface area is 146 Å². The Morgan fingerprint density at radius 2 is 1.88 bits per heavy atom. The maximum atomic E-state index is 13.8. The Kier molecular flexibility index (Phi) is 4.77. The molecule has 0 aliphatic carbocycles. The standard InChI is InChI=1S/C16H16F4N6/c1-25(2)9-11-7-10(3-4-12(11)17)8-21-13-5-6-14-22-23-15(16(18,19)20)26(14)24-13/h3-7H,8-9H2,1-2H3,(H,21,24). The molecule has 2 aromatic heterocycles. The molecule has 138 valence electrons. The maximum Gasteiger partial charge on any atom is 0.453 e. The van der Waals surface area contributed by atoms with Crippen molar-refractivity contribution in [1.82, 2.24) is 24.7 Å². The van der Waals surface area contributed by atoms with Gasteiger partial charge in [0.05, 0.1) is 0 Å². The number of aromatic nitrogens is 4. The molecule has 3 rings (SSSR count). The lowest BCUT2D eigenvalue weighted by atomic mass is 10.1. The quantitative estimate of drug-likeness (QED) is 0.702. The number of benzene rings is 1. The van der Waals surface area contributed by atoms with Gasteiger partial charge >= 0.3 is 6.18 Å². The normalized spacial score (nSPS) is 12.1. The lowest BCUT2D eigenvalue weighted by molar-refractivity contribution is -0.146. The zero-order valence-corrected chi connectivity index (χ0v) is 14.0. The van der Waals surface area contributed by atoms with Crippen LogP contribution < -0.4 is 5.32 Å². The summed E-state index contributed by atoms with van der Waals surface area (Å²) in [5, 5.41) is 13.4. The molecule has 0 bridgehead atoms. The Hall–Kier alpha value is -2.75. The molecule has 6 nitrogen and oxygen atoms in total. The first kappa shape index (κ1) is 18.1. The highest BCUT2D eigenvalue weighted by Crippen LogP contribution is 2.27. The number of fused-ring (bicyclic) bond motifs is 1. The average molecular weight is 368 g/mol. The smallest absolute Gasteiger partial charge is 0.365 e. The molecule has 2 heterocycles. The zero-order chi connectivity index (χ0) is 18.9. The van der Waals surface area contributed by atoms with Crippen LogP contribution in [0.2, 0.25) is 0 Å². The molecular formula is C16H16F4N6. The molecule has 0 atom stereocenters. The van der Waals surface area contributed by atoms with Gasteiger partial charge in [0.2, 0.25) is 0 Å². The second kappa shape index (κ2) is 6.87. The van der Waals surface area contributed by atoms with E-state index in [4.69, 9.17) is 0 Å². The summed E-state index contributed by atoms with van der Waals surface area (Å²) in [5.41, 5.74) is 1.32. The summed E-state index contributed by atoms with van der Waals surface area (Å²) >= 11 is 0. The number of alkyl halides is 3. The van der Waals surface area contributed by atoms with Crippen LogP contribution in [0.3, 0.4) is 0 Å². The summed E-state index contributed by atoms with van der Waals surface area (Å²) in [5.74, 6) is -1.27. The van der Waals surface area contributed by atoms with E-state index in [0.29, 0.717) is 16.6 Å². The van der Waals surface area contributed by atoms with E-state index in [1.807, 2.05) is 19.0 Å². The largest absolute Gasteiger partial charge is 0.453 e. The highest BCUT2D eigenvalue weighted by atomic mass is 19.4. The molecule has 1 aromatic carbocycles. The first-order chi connectivity index (χ1) is 12.2. The summed E-state index contributed by atoms with van der Waals surface area (Å²) in [6, 6.07) is 7.59. The Morgan fingerprint density at radius 3 is 2.58 bits per heavy atom. The fourth-order valence-electron chi connectivity index (χ4n) is 2.45. The van der Waals surface area contributed by atoms with Gasteiger partial charge in [-0.15, -0.1) is 15.3 Å². The molecule has 1 N–H and O–H groups in total. The molecule has 0 aliphatic heterocycles. The lowest BCUT2D eigenvalue weighted by Gasteiger charge is -2.12. The summed E-state index contributed by atoms with van der Waals surface area (Å²) in [6.45, 7) is 0.724. The topological polar surface area (TPSA) is 58.3 Å². The monoisotopic (exact) mass is 368 g/mol. The molecule has 26 heavy (non-hydrogen) atoms. The average Bonchev–Trinajstić information content (AvgIpc) is 2.98. The molecule has 0 unspecified atom stereocenters. The van der Waals surface area contributed by atoms with Gasteiger partial charge in [-0.3, -0.25) is 0 Å². The van der Waals surface area contributed by atoms with Gasteiger partial charge in [-0.2, -0.15) is 17.7 Å². The minimum absolute atomic E-state index is 0.00192. The van der Waals surface area contributed by atoms with E-state index < -0.39 is 12.0 Å². The SMILES string of the molecule is CN(C)Cc1cc(CNc2ccc3nnc(C(F)(F)F)n3n2)ccc1F. The summed E-state index contributed by atoms with van der Waals surface area (Å²) in [4.78, 5) is 1.84. The van der Waals surface area contributed by atoms with Gasteiger partial charge in [-0.1, -0.05) is 6.07 Å². The minimum Gasteiger partial charge on any atom is -0.365 e. The van der Waals surface area contributed by atoms with E-state index in [1.165, 1.54) is 18.2 Å². The number of halogens is 4. The molecule has 0 saturated heterocycles. The first-order valence-corrected chi connectivity index (χ1v) is 7.69. The number of anilines is 1. The van der Waals surface area contributed by atoms with Gasteiger partial charge in [-0.05, 0) is 43.9 Å². The van der Waals surface area contributed by atoms with Crippen LogP contribution in [0.4, 0.5) is 23.4 Å². The van der Waals surface area contributed by atoms with Crippen LogP contribution in [-0.2, 0) is 19.3 Å². The van der Waals surface area contributed by atoms with Gasteiger partial charge < -0.3 is 10.2 Å².